The second kappa shape index (κ2) is 9.00. The van der Waals surface area contributed by atoms with E-state index in [0.717, 1.165) is 11.1 Å². The highest BCUT2D eigenvalue weighted by atomic mass is 35.5. The zero-order valence-electron chi connectivity index (χ0n) is 16.4. The number of carboxylic acids is 1. The Kier molecular flexibility index (Phi) is 6.42. The predicted octanol–water partition coefficient (Wildman–Crippen LogP) is 3.25. The van der Waals surface area contributed by atoms with E-state index < -0.39 is 23.5 Å². The lowest BCUT2D eigenvalue weighted by Gasteiger charge is -2.16. The molecule has 156 valence electrons. The Bertz CT molecular complexity index is 1150. The number of ether oxygens (including phenoxy) is 1. The molecule has 0 aliphatic heterocycles. The van der Waals surface area contributed by atoms with Crippen LogP contribution in [0.2, 0.25) is 5.02 Å². The fraction of sp³-hybridized carbons (Fsp3) is 0.227. The Morgan fingerprint density at radius 3 is 2.53 bits per heavy atom. The molecule has 0 saturated heterocycles. The van der Waals surface area contributed by atoms with Gasteiger partial charge in [0, 0.05) is 17.5 Å². The van der Waals surface area contributed by atoms with Crippen molar-refractivity contribution in [2.24, 2.45) is 0 Å². The van der Waals surface area contributed by atoms with Gasteiger partial charge < -0.3 is 19.6 Å². The monoisotopic (exact) mass is 429 g/mol. The van der Waals surface area contributed by atoms with Crippen molar-refractivity contribution in [1.82, 2.24) is 5.32 Å². The third-order valence-corrected chi connectivity index (χ3v) is 4.75. The van der Waals surface area contributed by atoms with Crippen molar-refractivity contribution >= 4 is 34.4 Å². The summed E-state index contributed by atoms with van der Waals surface area (Å²) in [6, 6.07) is 10.4. The summed E-state index contributed by atoms with van der Waals surface area (Å²) >= 11 is 5.84. The maximum absolute atomic E-state index is 12.3. The molecule has 0 unspecified atom stereocenters. The van der Waals surface area contributed by atoms with E-state index in [1.165, 1.54) is 6.07 Å². The number of carbonyl (C=O) groups is 2. The molecule has 0 aliphatic rings. The summed E-state index contributed by atoms with van der Waals surface area (Å²) in [7, 11) is 0. The summed E-state index contributed by atoms with van der Waals surface area (Å²) in [5.74, 6) is -1.36. The zero-order valence-corrected chi connectivity index (χ0v) is 17.2. The lowest BCUT2D eigenvalue weighted by molar-refractivity contribution is -0.142. The van der Waals surface area contributed by atoms with Gasteiger partial charge in [-0.2, -0.15) is 0 Å². The Morgan fingerprint density at radius 2 is 1.87 bits per heavy atom. The van der Waals surface area contributed by atoms with E-state index in [-0.39, 0.29) is 13.0 Å². The standard InChI is InChI=1S/C22H20ClNO6/c1-12-7-17(21-13(2)9-20(26)30-18(21)8-12)29-11-19(25)24-16(22(27)28)10-14-3-5-15(23)6-4-14/h3-9,16H,10-11H2,1-2H3,(H,24,25)(H,27,28)/t16-/m1/s1. The minimum absolute atomic E-state index is 0.107. The number of carboxylic acid groups (broad SMARTS) is 1. The Labute approximate surface area is 177 Å². The first-order valence-corrected chi connectivity index (χ1v) is 9.55. The molecular formula is C22H20ClNO6. The molecule has 1 heterocycles. The van der Waals surface area contributed by atoms with Gasteiger partial charge in [-0.1, -0.05) is 23.7 Å². The lowest BCUT2D eigenvalue weighted by Crippen LogP contribution is -2.44. The molecule has 30 heavy (non-hydrogen) atoms. The summed E-state index contributed by atoms with van der Waals surface area (Å²) < 4.78 is 10.9. The molecule has 8 heteroatoms. The minimum Gasteiger partial charge on any atom is -0.483 e. The second-order valence-electron chi connectivity index (χ2n) is 6.96. The Morgan fingerprint density at radius 1 is 1.17 bits per heavy atom. The maximum atomic E-state index is 12.3. The third-order valence-electron chi connectivity index (χ3n) is 4.49. The van der Waals surface area contributed by atoms with Crippen LogP contribution in [0, 0.1) is 13.8 Å². The van der Waals surface area contributed by atoms with E-state index in [1.54, 1.807) is 50.2 Å². The molecule has 3 rings (SSSR count). The number of carbonyl (C=O) groups excluding carboxylic acids is 1. The van der Waals surface area contributed by atoms with Crippen molar-refractivity contribution in [3.8, 4) is 5.75 Å². The van der Waals surface area contributed by atoms with Crippen LogP contribution in [0.5, 0.6) is 5.75 Å². The van der Waals surface area contributed by atoms with Crippen molar-refractivity contribution in [3.05, 3.63) is 74.6 Å². The van der Waals surface area contributed by atoms with Crippen molar-refractivity contribution in [2.45, 2.75) is 26.3 Å². The number of aryl methyl sites for hydroxylation is 2. The van der Waals surface area contributed by atoms with Gasteiger partial charge in [0.05, 0.1) is 5.39 Å². The van der Waals surface area contributed by atoms with Crippen LogP contribution in [0.4, 0.5) is 0 Å². The smallest absolute Gasteiger partial charge is 0.336 e. The summed E-state index contributed by atoms with van der Waals surface area (Å²) in [4.78, 5) is 35.5. The quantitative estimate of drug-likeness (QED) is 0.558. The fourth-order valence-corrected chi connectivity index (χ4v) is 3.25. The van der Waals surface area contributed by atoms with Crippen LogP contribution in [0.1, 0.15) is 16.7 Å². The number of hydrogen-bond acceptors (Lipinski definition) is 5. The van der Waals surface area contributed by atoms with Gasteiger partial charge in [-0.05, 0) is 54.8 Å². The first kappa shape index (κ1) is 21.4. The lowest BCUT2D eigenvalue weighted by atomic mass is 10.1. The average Bonchev–Trinajstić information content (AvgIpc) is 2.66. The van der Waals surface area contributed by atoms with Crippen molar-refractivity contribution in [3.63, 3.8) is 0 Å². The fourth-order valence-electron chi connectivity index (χ4n) is 3.13. The second-order valence-corrected chi connectivity index (χ2v) is 7.40. The molecule has 0 aliphatic carbocycles. The van der Waals surface area contributed by atoms with Crippen molar-refractivity contribution < 1.29 is 23.8 Å². The summed E-state index contributed by atoms with van der Waals surface area (Å²) in [6.45, 7) is 3.16. The van der Waals surface area contributed by atoms with Gasteiger partial charge in [-0.25, -0.2) is 9.59 Å². The zero-order chi connectivity index (χ0) is 21.8. The molecule has 0 saturated carbocycles. The Balaban J connectivity index is 1.72. The number of aliphatic carboxylic acids is 1. The number of rotatable bonds is 7. The molecule has 0 radical (unpaired) electrons. The van der Waals surface area contributed by atoms with Gasteiger partial charge in [0.1, 0.15) is 17.4 Å². The van der Waals surface area contributed by atoms with E-state index in [2.05, 4.69) is 5.32 Å². The largest absolute Gasteiger partial charge is 0.483 e. The van der Waals surface area contributed by atoms with Crippen LogP contribution in [0.25, 0.3) is 11.0 Å². The summed E-state index contributed by atoms with van der Waals surface area (Å²) in [5.41, 5.74) is 2.06. The molecule has 2 aromatic carbocycles. The number of nitrogens with one attached hydrogen (secondary N) is 1. The maximum Gasteiger partial charge on any atom is 0.336 e. The molecule has 0 spiro atoms. The number of benzene rings is 2. The molecule has 1 atom stereocenters. The van der Waals surface area contributed by atoms with Crippen LogP contribution in [-0.2, 0) is 16.0 Å². The number of halogens is 1. The van der Waals surface area contributed by atoms with Crippen LogP contribution >= 0.6 is 11.6 Å². The first-order valence-electron chi connectivity index (χ1n) is 9.17. The SMILES string of the molecule is Cc1cc(OCC(=O)N[C@H](Cc2ccc(Cl)cc2)C(=O)O)c2c(C)cc(=O)oc2c1. The molecule has 2 N–H and O–H groups in total. The summed E-state index contributed by atoms with van der Waals surface area (Å²) in [6.07, 6.45) is 0.107. The van der Waals surface area contributed by atoms with Gasteiger partial charge >= 0.3 is 11.6 Å². The average molecular weight is 430 g/mol. The van der Waals surface area contributed by atoms with Crippen LogP contribution in [0.3, 0.4) is 0 Å². The third kappa shape index (κ3) is 5.18. The van der Waals surface area contributed by atoms with Crippen LogP contribution in [0.15, 0.2) is 51.7 Å². The van der Waals surface area contributed by atoms with Gasteiger partial charge in [-0.15, -0.1) is 0 Å². The molecule has 3 aromatic rings. The minimum atomic E-state index is -1.16. The van der Waals surface area contributed by atoms with Crippen LogP contribution < -0.4 is 15.7 Å². The van der Waals surface area contributed by atoms with E-state index in [4.69, 9.17) is 20.8 Å². The highest BCUT2D eigenvalue weighted by molar-refractivity contribution is 6.30. The van der Waals surface area contributed by atoms with Gasteiger partial charge in [0.25, 0.3) is 5.91 Å². The van der Waals surface area contributed by atoms with Crippen molar-refractivity contribution in [2.75, 3.05) is 6.61 Å². The molecule has 7 nitrogen and oxygen atoms in total. The highest BCUT2D eigenvalue weighted by Crippen LogP contribution is 2.29. The van der Waals surface area contributed by atoms with Crippen LogP contribution in [-0.4, -0.2) is 29.6 Å². The Hall–Kier alpha value is -3.32. The number of amides is 1. The molecule has 0 fully saturated rings. The van der Waals surface area contributed by atoms with Crippen molar-refractivity contribution in [1.29, 1.82) is 0 Å². The topological polar surface area (TPSA) is 106 Å². The highest BCUT2D eigenvalue weighted by Gasteiger charge is 2.21. The normalized spacial score (nSPS) is 11.8. The molecule has 0 bridgehead atoms. The molecular weight excluding hydrogens is 410 g/mol. The van der Waals surface area contributed by atoms with Gasteiger partial charge in [-0.3, -0.25) is 4.79 Å². The predicted molar refractivity (Wildman–Crippen MR) is 112 cm³/mol. The molecule has 1 amide bonds. The van der Waals surface area contributed by atoms with E-state index in [9.17, 15) is 19.5 Å². The van der Waals surface area contributed by atoms with Gasteiger partial charge in [0.15, 0.2) is 6.61 Å². The van der Waals surface area contributed by atoms with E-state index >= 15 is 0 Å². The number of fused-ring (bicyclic) bond motifs is 1. The first-order chi connectivity index (χ1) is 14.2. The molecule has 1 aromatic heterocycles. The van der Waals surface area contributed by atoms with E-state index in [1.807, 2.05) is 0 Å². The van der Waals surface area contributed by atoms with E-state index in [0.29, 0.717) is 27.3 Å². The summed E-state index contributed by atoms with van der Waals surface area (Å²) in [5, 5.41) is 13.0. The number of hydrogen-bond donors (Lipinski definition) is 2. The van der Waals surface area contributed by atoms with Gasteiger partial charge in [0.2, 0.25) is 0 Å².